The second-order valence-electron chi connectivity index (χ2n) is 5.25. The Bertz CT molecular complexity index is 789. The van der Waals surface area contributed by atoms with Crippen molar-refractivity contribution in [3.8, 4) is 0 Å². The number of benzene rings is 2. The van der Waals surface area contributed by atoms with Crippen LogP contribution in [0.1, 0.15) is 28.4 Å². The maximum Gasteiger partial charge on any atom is 0.416 e. The van der Waals surface area contributed by atoms with Crippen LogP contribution in [0.4, 0.5) is 18.9 Å². The van der Waals surface area contributed by atoms with Crippen LogP contribution in [0, 0.1) is 3.57 Å². The molecule has 2 amide bonds. The highest BCUT2D eigenvalue weighted by atomic mass is 127. The lowest BCUT2D eigenvalue weighted by Crippen LogP contribution is -2.19. The average Bonchev–Trinajstić information content (AvgIpc) is 2.54. The van der Waals surface area contributed by atoms with Crippen molar-refractivity contribution >= 4 is 40.1 Å². The average molecular weight is 462 g/mol. The van der Waals surface area contributed by atoms with Gasteiger partial charge in [-0.3, -0.25) is 9.59 Å². The van der Waals surface area contributed by atoms with Gasteiger partial charge in [-0.2, -0.15) is 13.2 Å². The van der Waals surface area contributed by atoms with Gasteiger partial charge in [-0.15, -0.1) is 0 Å². The van der Waals surface area contributed by atoms with E-state index in [1.807, 2.05) is 22.6 Å². The summed E-state index contributed by atoms with van der Waals surface area (Å²) in [5, 5.41) is 5.12. The van der Waals surface area contributed by atoms with Gasteiger partial charge in [0.1, 0.15) is 0 Å². The molecule has 0 fully saturated rings. The first-order valence-corrected chi connectivity index (χ1v) is 8.26. The van der Waals surface area contributed by atoms with Crippen LogP contribution in [-0.4, -0.2) is 11.8 Å². The summed E-state index contributed by atoms with van der Waals surface area (Å²) in [7, 11) is 0. The number of alkyl halides is 3. The van der Waals surface area contributed by atoms with Crippen LogP contribution in [0.5, 0.6) is 0 Å². The summed E-state index contributed by atoms with van der Waals surface area (Å²) in [6, 6.07) is 9.61. The lowest BCUT2D eigenvalue weighted by molar-refractivity contribution is -0.137. The first-order chi connectivity index (χ1) is 11.7. The predicted octanol–water partition coefficient (Wildman–Crippen LogP) is 4.20. The van der Waals surface area contributed by atoms with Crippen molar-refractivity contribution in [1.82, 2.24) is 5.32 Å². The third-order valence-electron chi connectivity index (χ3n) is 3.30. The zero-order valence-electron chi connectivity index (χ0n) is 13.1. The Hall–Kier alpha value is -2.10. The first kappa shape index (κ1) is 19.2. The molecule has 0 unspecified atom stereocenters. The molecule has 0 spiro atoms. The molecule has 0 aliphatic carbocycles. The standard InChI is InChI=1S/C17H14F3IN2O2/c1-10(24)22-9-11-2-4-12(5-3-11)16(25)23-15-8-13(17(18,19)20)6-7-14(15)21/h2-8H,9H2,1H3,(H,22,24)(H,23,25). The van der Waals surface area contributed by atoms with Gasteiger partial charge in [0.25, 0.3) is 5.91 Å². The van der Waals surface area contributed by atoms with Crippen molar-refractivity contribution in [3.63, 3.8) is 0 Å². The molecule has 0 saturated heterocycles. The summed E-state index contributed by atoms with van der Waals surface area (Å²) < 4.78 is 38.9. The molecule has 2 aromatic carbocycles. The predicted molar refractivity (Wildman–Crippen MR) is 96.1 cm³/mol. The summed E-state index contributed by atoms with van der Waals surface area (Å²) in [5.41, 5.74) is 0.386. The van der Waals surface area contributed by atoms with Gasteiger partial charge in [0, 0.05) is 22.6 Å². The summed E-state index contributed by atoms with van der Waals surface area (Å²) in [4.78, 5) is 23.1. The fourth-order valence-corrected chi connectivity index (χ4v) is 2.46. The highest BCUT2D eigenvalue weighted by Gasteiger charge is 2.31. The van der Waals surface area contributed by atoms with Crippen LogP contribution >= 0.6 is 22.6 Å². The molecular weight excluding hydrogens is 448 g/mol. The van der Waals surface area contributed by atoms with Crippen molar-refractivity contribution < 1.29 is 22.8 Å². The van der Waals surface area contributed by atoms with Crippen molar-refractivity contribution in [2.24, 2.45) is 0 Å². The van der Waals surface area contributed by atoms with Crippen LogP contribution in [0.15, 0.2) is 42.5 Å². The monoisotopic (exact) mass is 462 g/mol. The molecule has 0 radical (unpaired) electrons. The summed E-state index contributed by atoms with van der Waals surface area (Å²) in [5.74, 6) is -0.677. The van der Waals surface area contributed by atoms with E-state index in [9.17, 15) is 22.8 Å². The fraction of sp³-hybridized carbons (Fsp3) is 0.176. The number of hydrogen-bond donors (Lipinski definition) is 2. The molecule has 0 aliphatic rings. The summed E-state index contributed by atoms with van der Waals surface area (Å²) in [6.07, 6.45) is -4.48. The lowest BCUT2D eigenvalue weighted by Gasteiger charge is -2.12. The largest absolute Gasteiger partial charge is 0.416 e. The van der Waals surface area contributed by atoms with Gasteiger partial charge in [0.2, 0.25) is 5.91 Å². The minimum atomic E-state index is -4.48. The molecule has 132 valence electrons. The van der Waals surface area contributed by atoms with Crippen molar-refractivity contribution in [2.45, 2.75) is 19.6 Å². The number of carbonyl (C=O) groups excluding carboxylic acids is 2. The highest BCUT2D eigenvalue weighted by Crippen LogP contribution is 2.32. The quantitative estimate of drug-likeness (QED) is 0.670. The number of rotatable bonds is 4. The van der Waals surface area contributed by atoms with Gasteiger partial charge in [-0.1, -0.05) is 12.1 Å². The van der Waals surface area contributed by atoms with Crippen molar-refractivity contribution in [1.29, 1.82) is 0 Å². The van der Waals surface area contributed by atoms with Crippen LogP contribution in [-0.2, 0) is 17.5 Å². The normalized spacial score (nSPS) is 11.1. The molecule has 2 rings (SSSR count). The number of halogens is 4. The topological polar surface area (TPSA) is 58.2 Å². The van der Waals surface area contributed by atoms with E-state index in [-0.39, 0.29) is 11.6 Å². The molecule has 8 heteroatoms. The third-order valence-corrected chi connectivity index (χ3v) is 4.24. The zero-order valence-corrected chi connectivity index (χ0v) is 15.2. The van der Waals surface area contributed by atoms with E-state index in [0.717, 1.165) is 17.7 Å². The molecule has 2 N–H and O–H groups in total. The second kappa shape index (κ2) is 7.85. The Kier molecular flexibility index (Phi) is 6.04. The van der Waals surface area contributed by atoms with E-state index in [1.54, 1.807) is 24.3 Å². The van der Waals surface area contributed by atoms with E-state index in [4.69, 9.17) is 0 Å². The van der Waals surface area contributed by atoms with E-state index in [0.29, 0.717) is 15.7 Å². The molecule has 0 atom stereocenters. The van der Waals surface area contributed by atoms with Crippen LogP contribution in [0.25, 0.3) is 0 Å². The Morgan fingerprint density at radius 2 is 1.72 bits per heavy atom. The maximum absolute atomic E-state index is 12.8. The van der Waals surface area contributed by atoms with E-state index >= 15 is 0 Å². The Morgan fingerprint density at radius 1 is 1.08 bits per heavy atom. The third kappa shape index (κ3) is 5.45. The number of hydrogen-bond acceptors (Lipinski definition) is 2. The maximum atomic E-state index is 12.8. The van der Waals surface area contributed by atoms with Crippen LogP contribution in [0.3, 0.4) is 0 Å². The molecule has 2 aromatic rings. The molecule has 25 heavy (non-hydrogen) atoms. The molecule has 0 bridgehead atoms. The van der Waals surface area contributed by atoms with E-state index in [1.165, 1.54) is 13.0 Å². The highest BCUT2D eigenvalue weighted by molar-refractivity contribution is 14.1. The number of nitrogens with one attached hydrogen (secondary N) is 2. The molecule has 0 aromatic heterocycles. The van der Waals surface area contributed by atoms with Crippen LogP contribution in [0.2, 0.25) is 0 Å². The Labute approximate surface area is 155 Å². The molecule has 0 saturated carbocycles. The summed E-state index contributed by atoms with van der Waals surface area (Å²) in [6.45, 7) is 1.74. The van der Waals surface area contributed by atoms with Crippen molar-refractivity contribution in [2.75, 3.05) is 5.32 Å². The van der Waals surface area contributed by atoms with Crippen molar-refractivity contribution in [3.05, 3.63) is 62.7 Å². The first-order valence-electron chi connectivity index (χ1n) is 7.18. The fourth-order valence-electron chi connectivity index (χ4n) is 1.99. The number of carbonyl (C=O) groups is 2. The van der Waals surface area contributed by atoms with Crippen LogP contribution < -0.4 is 10.6 Å². The zero-order chi connectivity index (χ0) is 18.6. The van der Waals surface area contributed by atoms with Gasteiger partial charge in [0.15, 0.2) is 0 Å². The second-order valence-corrected chi connectivity index (χ2v) is 6.42. The SMILES string of the molecule is CC(=O)NCc1ccc(C(=O)Nc2cc(C(F)(F)F)ccc2I)cc1. The summed E-state index contributed by atoms with van der Waals surface area (Å²) >= 11 is 1.86. The van der Waals surface area contributed by atoms with E-state index < -0.39 is 17.6 Å². The smallest absolute Gasteiger partial charge is 0.352 e. The van der Waals surface area contributed by atoms with Gasteiger partial charge in [0.05, 0.1) is 11.3 Å². The van der Waals surface area contributed by atoms with Gasteiger partial charge in [-0.05, 0) is 58.5 Å². The van der Waals surface area contributed by atoms with Gasteiger partial charge in [-0.25, -0.2) is 0 Å². The lowest BCUT2D eigenvalue weighted by atomic mass is 10.1. The number of anilines is 1. The Morgan fingerprint density at radius 3 is 2.28 bits per heavy atom. The van der Waals surface area contributed by atoms with Gasteiger partial charge >= 0.3 is 6.18 Å². The Balaban J connectivity index is 2.13. The number of amides is 2. The minimum absolute atomic E-state index is 0.0998. The minimum Gasteiger partial charge on any atom is -0.352 e. The molecule has 4 nitrogen and oxygen atoms in total. The molecule has 0 heterocycles. The van der Waals surface area contributed by atoms with E-state index in [2.05, 4.69) is 10.6 Å². The molecular formula is C17H14F3IN2O2. The van der Waals surface area contributed by atoms with Gasteiger partial charge < -0.3 is 10.6 Å². The molecule has 0 aliphatic heterocycles.